The van der Waals surface area contributed by atoms with E-state index in [9.17, 15) is 0 Å². The smallest absolute Gasteiger partial charge is 0.233 e. The lowest BCUT2D eigenvalue weighted by Crippen LogP contribution is -2.33. The van der Waals surface area contributed by atoms with Gasteiger partial charge in [-0.3, -0.25) is 0 Å². The molecule has 0 saturated carbocycles. The van der Waals surface area contributed by atoms with Crippen LogP contribution in [-0.2, 0) is 26.2 Å². The van der Waals surface area contributed by atoms with Crippen molar-refractivity contribution in [3.05, 3.63) is 104 Å². The molecule has 2 aromatic carbocycles. The van der Waals surface area contributed by atoms with Crippen molar-refractivity contribution in [3.8, 4) is 0 Å². The molecule has 4 aliphatic rings. The predicted molar refractivity (Wildman–Crippen MR) is 136 cm³/mol. The topological polar surface area (TPSA) is 17.6 Å². The molecule has 0 fully saturated rings. The highest BCUT2D eigenvalue weighted by atomic mass is 15.1. The van der Waals surface area contributed by atoms with Crippen LogP contribution in [0.3, 0.4) is 0 Å². The Kier molecular flexibility index (Phi) is 5.50. The van der Waals surface area contributed by atoms with E-state index >= 15 is 0 Å². The van der Waals surface area contributed by atoms with Crippen LogP contribution in [0.1, 0.15) is 66.8 Å². The van der Waals surface area contributed by atoms with E-state index in [1.54, 1.807) is 0 Å². The average Bonchev–Trinajstić information content (AvgIpc) is 3.46. The van der Waals surface area contributed by atoms with Gasteiger partial charge in [0.2, 0.25) is 12.7 Å². The quantitative estimate of drug-likeness (QED) is 0.298. The van der Waals surface area contributed by atoms with E-state index in [2.05, 4.69) is 111 Å². The molecule has 8 bridgehead atoms. The third kappa shape index (κ3) is 3.60. The summed E-state index contributed by atoms with van der Waals surface area (Å²) in [6.07, 6.45) is 13.4. The number of hydrogen-bond acceptors (Lipinski definition) is 0. The largest absolute Gasteiger partial charge is 0.244 e. The molecule has 0 aliphatic carbocycles. The van der Waals surface area contributed by atoms with Crippen molar-refractivity contribution in [1.29, 1.82) is 0 Å². The van der Waals surface area contributed by atoms with Crippen molar-refractivity contribution in [2.75, 3.05) is 0 Å². The van der Waals surface area contributed by atoms with Gasteiger partial charge in [0.15, 0.2) is 0 Å². The van der Waals surface area contributed by atoms with Gasteiger partial charge in [0, 0.05) is 0 Å². The molecule has 0 saturated heterocycles. The lowest BCUT2D eigenvalue weighted by atomic mass is 9.88. The summed E-state index contributed by atoms with van der Waals surface area (Å²) >= 11 is 0. The van der Waals surface area contributed by atoms with Gasteiger partial charge in [0.1, 0.15) is 51.0 Å². The molecular formula is C30H38N4+2. The van der Waals surface area contributed by atoms with Crippen LogP contribution in [0.5, 0.6) is 0 Å². The average molecular weight is 455 g/mol. The minimum atomic E-state index is 0.908. The third-order valence-electron chi connectivity index (χ3n) is 8.73. The maximum Gasteiger partial charge on any atom is 0.244 e. The molecule has 4 nitrogen and oxygen atoms in total. The molecule has 4 aromatic rings. The van der Waals surface area contributed by atoms with Gasteiger partial charge in [-0.1, -0.05) is 0 Å². The number of rotatable bonds is 0. The molecule has 2 aromatic heterocycles. The van der Waals surface area contributed by atoms with Crippen molar-refractivity contribution < 1.29 is 9.13 Å². The highest BCUT2D eigenvalue weighted by Crippen LogP contribution is 2.29. The molecule has 34 heavy (non-hydrogen) atoms. The predicted octanol–water partition coefficient (Wildman–Crippen LogP) is 4.84. The zero-order valence-electron chi connectivity index (χ0n) is 22.1. The Bertz CT molecular complexity index is 1160. The number of imidazole rings is 2. The summed E-state index contributed by atoms with van der Waals surface area (Å²) in [6.45, 7) is 22.0. The summed E-state index contributed by atoms with van der Waals surface area (Å²) in [5.74, 6) is 0. The van der Waals surface area contributed by atoms with Crippen molar-refractivity contribution >= 4 is 0 Å². The first-order chi connectivity index (χ1) is 16.2. The first kappa shape index (κ1) is 22.6. The van der Waals surface area contributed by atoms with E-state index in [0.29, 0.717) is 0 Å². The molecule has 0 unspecified atom stereocenters. The van der Waals surface area contributed by atoms with Gasteiger partial charge in [-0.15, -0.1) is 0 Å². The SMILES string of the molecule is Cc1c(C)c2c(C)c(C)c1Cn1cc[n+](c1)Cc1c(C)c(C)c(c(C)c1C)Cn1cc[n+](c1)C2. The molecule has 4 heteroatoms. The van der Waals surface area contributed by atoms with E-state index in [1.165, 1.54) is 66.8 Å². The molecule has 0 radical (unpaired) electrons. The second-order valence-corrected chi connectivity index (χ2v) is 10.4. The summed E-state index contributed by atoms with van der Waals surface area (Å²) < 4.78 is 9.35. The van der Waals surface area contributed by atoms with Gasteiger partial charge in [-0.2, -0.15) is 0 Å². The number of benzene rings is 2. The highest BCUT2D eigenvalue weighted by molar-refractivity contribution is 5.51. The van der Waals surface area contributed by atoms with Gasteiger partial charge >= 0.3 is 0 Å². The zero-order valence-corrected chi connectivity index (χ0v) is 22.1. The molecule has 0 spiro atoms. The maximum atomic E-state index is 2.34. The van der Waals surface area contributed by atoms with Crippen LogP contribution in [0.4, 0.5) is 0 Å². The lowest BCUT2D eigenvalue weighted by molar-refractivity contribution is -0.688. The fourth-order valence-corrected chi connectivity index (χ4v) is 5.87. The molecule has 4 aliphatic heterocycles. The van der Waals surface area contributed by atoms with E-state index in [1.807, 2.05) is 0 Å². The van der Waals surface area contributed by atoms with Crippen LogP contribution >= 0.6 is 0 Å². The van der Waals surface area contributed by atoms with Crippen molar-refractivity contribution in [1.82, 2.24) is 9.13 Å². The summed E-state index contributed by atoms with van der Waals surface area (Å²) in [7, 11) is 0. The van der Waals surface area contributed by atoms with Crippen LogP contribution in [0, 0.1) is 55.4 Å². The normalized spacial score (nSPS) is 13.4. The van der Waals surface area contributed by atoms with Crippen LogP contribution < -0.4 is 9.13 Å². The fourth-order valence-electron chi connectivity index (χ4n) is 5.87. The number of hydrogen-bond donors (Lipinski definition) is 0. The summed E-state index contributed by atoms with van der Waals surface area (Å²) in [4.78, 5) is 0. The minimum Gasteiger partial charge on any atom is -0.233 e. The van der Waals surface area contributed by atoms with Gasteiger partial charge in [0.25, 0.3) is 0 Å². The van der Waals surface area contributed by atoms with Crippen molar-refractivity contribution in [3.63, 3.8) is 0 Å². The molecule has 0 atom stereocenters. The Balaban J connectivity index is 1.72. The lowest BCUT2D eigenvalue weighted by Gasteiger charge is -2.20. The van der Waals surface area contributed by atoms with Crippen molar-refractivity contribution in [2.45, 2.75) is 81.6 Å². The van der Waals surface area contributed by atoms with E-state index in [4.69, 9.17) is 0 Å². The van der Waals surface area contributed by atoms with Crippen molar-refractivity contribution in [2.24, 2.45) is 0 Å². The number of nitrogens with zero attached hydrogens (tertiary/aromatic N) is 4. The Morgan fingerprint density at radius 3 is 1.09 bits per heavy atom. The Morgan fingerprint density at radius 2 is 0.765 bits per heavy atom. The molecule has 0 amide bonds. The van der Waals surface area contributed by atoms with Gasteiger partial charge < -0.3 is 0 Å². The Hall–Kier alpha value is -3.14. The summed E-state index contributed by atoms with van der Waals surface area (Å²) in [5.41, 5.74) is 17.2. The van der Waals surface area contributed by atoms with Gasteiger partial charge in [-0.25, -0.2) is 18.3 Å². The van der Waals surface area contributed by atoms with E-state index in [0.717, 1.165) is 26.2 Å². The first-order valence-corrected chi connectivity index (χ1v) is 12.4. The second-order valence-electron chi connectivity index (χ2n) is 10.4. The van der Waals surface area contributed by atoms with Crippen LogP contribution in [0.25, 0.3) is 0 Å². The first-order valence-electron chi connectivity index (χ1n) is 12.4. The van der Waals surface area contributed by atoms with Crippen LogP contribution in [-0.4, -0.2) is 9.13 Å². The zero-order chi connectivity index (χ0) is 24.3. The minimum absolute atomic E-state index is 0.908. The molecule has 8 rings (SSSR count). The Morgan fingerprint density at radius 1 is 0.471 bits per heavy atom. The molecule has 176 valence electrons. The van der Waals surface area contributed by atoms with E-state index < -0.39 is 0 Å². The third-order valence-corrected chi connectivity index (χ3v) is 8.73. The summed E-state index contributed by atoms with van der Waals surface area (Å²) in [5, 5.41) is 0. The molecule has 0 N–H and O–H groups in total. The molecular weight excluding hydrogens is 416 g/mol. The fraction of sp³-hybridized carbons (Fsp3) is 0.400. The highest BCUT2D eigenvalue weighted by Gasteiger charge is 2.22. The summed E-state index contributed by atoms with van der Waals surface area (Å²) in [6, 6.07) is 0. The molecule has 6 heterocycles. The monoisotopic (exact) mass is 454 g/mol. The van der Waals surface area contributed by atoms with Gasteiger partial charge in [0.05, 0.1) is 0 Å². The number of aromatic nitrogens is 4. The maximum absolute atomic E-state index is 2.34. The Labute approximate surface area is 204 Å². The van der Waals surface area contributed by atoms with Crippen LogP contribution in [0.15, 0.2) is 37.4 Å². The second kappa shape index (κ2) is 8.26. The van der Waals surface area contributed by atoms with Crippen LogP contribution in [0.2, 0.25) is 0 Å². The van der Waals surface area contributed by atoms with Gasteiger partial charge in [-0.05, 0) is 122 Å². The standard InChI is InChI=1S/C30H38N4/c1-19-20(2)28-14-32-11-12-34(18-32)16-30-25(7)23(5)29(24(6)26(30)8)15-33-10-9-31(17-33)13-27(19)21(3)22(28)4/h9-12,17-18H,13-16H2,1-8H3/q+2. The van der Waals surface area contributed by atoms with E-state index in [-0.39, 0.29) is 0 Å².